The van der Waals surface area contributed by atoms with Crippen molar-refractivity contribution in [2.75, 3.05) is 48.8 Å². The number of pyridine rings is 2. The predicted molar refractivity (Wildman–Crippen MR) is 143 cm³/mol. The van der Waals surface area contributed by atoms with E-state index in [0.717, 1.165) is 54.2 Å². The number of carbonyl (C=O) groups excluding carboxylic acids is 1. The van der Waals surface area contributed by atoms with E-state index in [0.29, 0.717) is 17.3 Å². The van der Waals surface area contributed by atoms with Crippen molar-refractivity contribution in [3.8, 4) is 11.3 Å². The summed E-state index contributed by atoms with van der Waals surface area (Å²) in [5, 5.41) is 7.01. The van der Waals surface area contributed by atoms with Crippen LogP contribution in [-0.2, 0) is 4.79 Å². The molecule has 36 heavy (non-hydrogen) atoms. The van der Waals surface area contributed by atoms with Crippen molar-refractivity contribution in [1.82, 2.24) is 24.8 Å². The SMILES string of the molecule is C/C=C\C(=O)Nc1ccnc(-c2cccc3cnc(Nc4ccc(N5CCN(C)CC5)nc4)nc23)c1. The van der Waals surface area contributed by atoms with Crippen LogP contribution < -0.4 is 15.5 Å². The fraction of sp³-hybridized carbons (Fsp3) is 0.222. The molecule has 0 spiro atoms. The summed E-state index contributed by atoms with van der Waals surface area (Å²) >= 11 is 0. The number of carbonyl (C=O) groups is 1. The normalized spacial score (nSPS) is 14.3. The molecule has 1 amide bonds. The number of hydrogen-bond acceptors (Lipinski definition) is 8. The van der Waals surface area contributed by atoms with Gasteiger partial charge in [-0.1, -0.05) is 24.3 Å². The molecule has 4 heterocycles. The van der Waals surface area contributed by atoms with Crippen LogP contribution in [0.3, 0.4) is 0 Å². The standard InChI is InChI=1S/C27H28N8O/c1-3-5-25(36)31-20-10-11-28-23(16-20)22-7-4-6-19-17-30-27(33-26(19)22)32-21-8-9-24(29-18-21)35-14-12-34(2)13-15-35/h3-11,16-18H,12-15H2,1-2H3,(H,28,31,36)(H,30,32,33)/b5-3-. The second-order valence-electron chi connectivity index (χ2n) is 8.68. The first-order valence-corrected chi connectivity index (χ1v) is 11.9. The van der Waals surface area contributed by atoms with Gasteiger partial charge in [0.1, 0.15) is 5.82 Å². The Hall–Kier alpha value is -4.37. The molecule has 0 unspecified atom stereocenters. The number of aromatic nitrogens is 4. The summed E-state index contributed by atoms with van der Waals surface area (Å²) in [4.78, 5) is 35.0. The first kappa shape index (κ1) is 23.4. The van der Waals surface area contributed by atoms with E-state index in [1.165, 1.54) is 6.08 Å². The summed E-state index contributed by atoms with van der Waals surface area (Å²) in [6.07, 6.45) is 8.45. The number of benzene rings is 1. The molecule has 9 nitrogen and oxygen atoms in total. The molecule has 0 saturated carbocycles. The lowest BCUT2D eigenvalue weighted by molar-refractivity contribution is -0.111. The number of amides is 1. The van der Waals surface area contributed by atoms with Crippen molar-refractivity contribution in [2.45, 2.75) is 6.92 Å². The van der Waals surface area contributed by atoms with Gasteiger partial charge in [0.15, 0.2) is 0 Å². The molecule has 0 atom stereocenters. The van der Waals surface area contributed by atoms with Gasteiger partial charge in [0.25, 0.3) is 0 Å². The minimum absolute atomic E-state index is 0.186. The van der Waals surface area contributed by atoms with E-state index < -0.39 is 0 Å². The number of likely N-dealkylation sites (N-methyl/N-ethyl adjacent to an activating group) is 1. The third kappa shape index (κ3) is 5.31. The number of piperazine rings is 1. The third-order valence-corrected chi connectivity index (χ3v) is 6.06. The van der Waals surface area contributed by atoms with Gasteiger partial charge in [0.2, 0.25) is 11.9 Å². The summed E-state index contributed by atoms with van der Waals surface area (Å²) in [7, 11) is 2.14. The van der Waals surface area contributed by atoms with Gasteiger partial charge in [-0.25, -0.2) is 15.0 Å². The maximum Gasteiger partial charge on any atom is 0.248 e. The van der Waals surface area contributed by atoms with Crippen LogP contribution in [0.5, 0.6) is 0 Å². The van der Waals surface area contributed by atoms with Crippen molar-refractivity contribution in [1.29, 1.82) is 0 Å². The Kier molecular flexibility index (Phi) is 6.81. The Morgan fingerprint density at radius 2 is 1.83 bits per heavy atom. The average molecular weight is 481 g/mol. The van der Waals surface area contributed by atoms with Crippen LogP contribution in [-0.4, -0.2) is 64.0 Å². The van der Waals surface area contributed by atoms with Crippen molar-refractivity contribution in [2.24, 2.45) is 0 Å². The monoisotopic (exact) mass is 480 g/mol. The quantitative estimate of drug-likeness (QED) is 0.398. The molecule has 0 radical (unpaired) electrons. The fourth-order valence-electron chi connectivity index (χ4n) is 4.13. The molecule has 1 aliphatic rings. The Morgan fingerprint density at radius 3 is 2.61 bits per heavy atom. The van der Waals surface area contributed by atoms with E-state index in [1.807, 2.05) is 42.6 Å². The Morgan fingerprint density at radius 1 is 0.972 bits per heavy atom. The van der Waals surface area contributed by atoms with Crippen LogP contribution in [0.15, 0.2) is 73.2 Å². The summed E-state index contributed by atoms with van der Waals surface area (Å²) in [5.41, 5.74) is 3.81. The molecule has 1 fully saturated rings. The number of para-hydroxylation sites is 1. The van der Waals surface area contributed by atoms with Crippen LogP contribution in [0.1, 0.15) is 6.92 Å². The lowest BCUT2D eigenvalue weighted by Crippen LogP contribution is -2.44. The Labute approximate surface area is 209 Å². The molecular formula is C27H28N8O. The zero-order chi connectivity index (χ0) is 24.9. The van der Waals surface area contributed by atoms with E-state index in [2.05, 4.69) is 42.4 Å². The smallest absolute Gasteiger partial charge is 0.248 e. The molecule has 0 bridgehead atoms. The van der Waals surface area contributed by atoms with Crippen LogP contribution >= 0.6 is 0 Å². The third-order valence-electron chi connectivity index (χ3n) is 6.06. The van der Waals surface area contributed by atoms with Crippen molar-refractivity contribution in [3.05, 3.63) is 73.2 Å². The molecule has 1 aliphatic heterocycles. The van der Waals surface area contributed by atoms with Gasteiger partial charge in [-0.3, -0.25) is 9.78 Å². The van der Waals surface area contributed by atoms with Gasteiger partial charge in [-0.2, -0.15) is 0 Å². The fourth-order valence-corrected chi connectivity index (χ4v) is 4.13. The molecule has 182 valence electrons. The highest BCUT2D eigenvalue weighted by molar-refractivity contribution is 6.00. The van der Waals surface area contributed by atoms with Gasteiger partial charge < -0.3 is 20.4 Å². The highest BCUT2D eigenvalue weighted by atomic mass is 16.1. The summed E-state index contributed by atoms with van der Waals surface area (Å²) < 4.78 is 0. The van der Waals surface area contributed by atoms with Gasteiger partial charge in [-0.05, 0) is 44.3 Å². The maximum atomic E-state index is 12.0. The highest BCUT2D eigenvalue weighted by Gasteiger charge is 2.15. The minimum atomic E-state index is -0.186. The average Bonchev–Trinajstić information content (AvgIpc) is 2.89. The lowest BCUT2D eigenvalue weighted by Gasteiger charge is -2.33. The molecular weight excluding hydrogens is 452 g/mol. The second-order valence-corrected chi connectivity index (χ2v) is 8.68. The number of allylic oxidation sites excluding steroid dienone is 1. The van der Waals surface area contributed by atoms with E-state index in [1.54, 1.807) is 31.5 Å². The van der Waals surface area contributed by atoms with E-state index in [-0.39, 0.29) is 5.91 Å². The Balaban J connectivity index is 1.38. The van der Waals surface area contributed by atoms with Crippen molar-refractivity contribution in [3.63, 3.8) is 0 Å². The minimum Gasteiger partial charge on any atom is -0.354 e. The van der Waals surface area contributed by atoms with Crippen LogP contribution in [0.25, 0.3) is 22.2 Å². The lowest BCUT2D eigenvalue weighted by atomic mass is 10.1. The van der Waals surface area contributed by atoms with E-state index >= 15 is 0 Å². The number of anilines is 4. The number of rotatable bonds is 6. The second kappa shape index (κ2) is 10.5. The molecule has 1 saturated heterocycles. The van der Waals surface area contributed by atoms with Crippen LogP contribution in [0.2, 0.25) is 0 Å². The zero-order valence-electron chi connectivity index (χ0n) is 20.3. The molecule has 4 aromatic rings. The molecule has 2 N–H and O–H groups in total. The van der Waals surface area contributed by atoms with Crippen molar-refractivity contribution < 1.29 is 4.79 Å². The van der Waals surface area contributed by atoms with Crippen LogP contribution in [0.4, 0.5) is 23.1 Å². The van der Waals surface area contributed by atoms with E-state index in [4.69, 9.17) is 4.98 Å². The molecule has 5 rings (SSSR count). The summed E-state index contributed by atoms with van der Waals surface area (Å²) in [5.74, 6) is 1.26. The highest BCUT2D eigenvalue weighted by Crippen LogP contribution is 2.28. The number of nitrogens with zero attached hydrogens (tertiary/aromatic N) is 6. The predicted octanol–water partition coefficient (Wildman–Crippen LogP) is 4.10. The van der Waals surface area contributed by atoms with Gasteiger partial charge in [-0.15, -0.1) is 0 Å². The molecule has 3 aromatic heterocycles. The largest absolute Gasteiger partial charge is 0.354 e. The first-order valence-electron chi connectivity index (χ1n) is 11.9. The zero-order valence-corrected chi connectivity index (χ0v) is 20.3. The molecule has 9 heteroatoms. The Bertz CT molecular complexity index is 1390. The molecule has 0 aliphatic carbocycles. The van der Waals surface area contributed by atoms with Gasteiger partial charge in [0.05, 0.1) is 23.1 Å². The van der Waals surface area contributed by atoms with E-state index in [9.17, 15) is 4.79 Å². The molecule has 1 aromatic carbocycles. The van der Waals surface area contributed by atoms with Crippen LogP contribution in [0, 0.1) is 0 Å². The number of fused-ring (bicyclic) bond motifs is 1. The summed E-state index contributed by atoms with van der Waals surface area (Å²) in [6.45, 7) is 5.82. The van der Waals surface area contributed by atoms with Crippen molar-refractivity contribution >= 4 is 40.0 Å². The number of hydrogen-bond donors (Lipinski definition) is 2. The topological polar surface area (TPSA) is 99.2 Å². The maximum absolute atomic E-state index is 12.0. The summed E-state index contributed by atoms with van der Waals surface area (Å²) in [6, 6.07) is 13.5. The van der Waals surface area contributed by atoms with Gasteiger partial charge >= 0.3 is 0 Å². The first-order chi connectivity index (χ1) is 17.6. The van der Waals surface area contributed by atoms with Gasteiger partial charge in [0, 0.05) is 55.2 Å². The number of nitrogens with one attached hydrogen (secondary N) is 2.